The van der Waals surface area contributed by atoms with Crippen LogP contribution >= 0.6 is 0 Å². The molecule has 0 fully saturated rings. The van der Waals surface area contributed by atoms with Crippen molar-refractivity contribution in [2.75, 3.05) is 12.4 Å². The van der Waals surface area contributed by atoms with Gasteiger partial charge in [-0.15, -0.1) is 0 Å². The van der Waals surface area contributed by atoms with Crippen LogP contribution in [0.4, 0.5) is 0 Å². The molecule has 0 aromatic rings. The first-order valence-corrected chi connectivity index (χ1v) is 2.68. The predicted molar refractivity (Wildman–Crippen MR) is 20.9 cm³/mol. The topological polar surface area (TPSA) is 60.4 Å². The number of aliphatic hydroxyl groups is 1. The van der Waals surface area contributed by atoms with Crippen molar-refractivity contribution in [2.24, 2.45) is 0 Å². The van der Waals surface area contributed by atoms with Gasteiger partial charge in [-0.25, -0.2) is 0 Å². The molecule has 0 amide bonds. The molecule has 0 aromatic carbocycles. The molecule has 1 N–H and O–H groups in total. The van der Waals surface area contributed by atoms with Crippen LogP contribution < -0.4 is 0 Å². The normalized spacial score (nSPS) is 12.3. The number of hydrogen-bond donors (Lipinski definition) is 1. The molecule has 1 atom stereocenters. The Morgan fingerprint density at radius 2 is 2.14 bits per heavy atom. The van der Waals surface area contributed by atoms with E-state index in [1.54, 1.807) is 0 Å². The van der Waals surface area contributed by atoms with Gasteiger partial charge in [0, 0.05) is 5.75 Å². The van der Waals surface area contributed by atoms with Crippen molar-refractivity contribution in [3.8, 4) is 0 Å². The van der Waals surface area contributed by atoms with E-state index in [2.05, 4.69) is 0 Å². The van der Waals surface area contributed by atoms with E-state index in [1.165, 1.54) is 0 Å². The maximum Gasteiger partial charge on any atom is 1.00 e. The van der Waals surface area contributed by atoms with Crippen molar-refractivity contribution in [3.05, 3.63) is 0 Å². The summed E-state index contributed by atoms with van der Waals surface area (Å²) in [5, 5.41) is 7.84. The van der Waals surface area contributed by atoms with Gasteiger partial charge in [0.15, 0.2) is 0 Å². The quantitative estimate of drug-likeness (QED) is 0.423. The Balaban J connectivity index is 0. The molecule has 0 saturated heterocycles. The predicted octanol–water partition coefficient (Wildman–Crippen LogP) is -1.14. The molecule has 7 heavy (non-hydrogen) atoms. The van der Waals surface area contributed by atoms with Gasteiger partial charge in [-0.3, -0.25) is 4.21 Å². The molecule has 0 aliphatic heterocycles. The van der Waals surface area contributed by atoms with Crippen LogP contribution in [0.2, 0.25) is 0 Å². The van der Waals surface area contributed by atoms with Gasteiger partial charge < -0.3 is 9.66 Å². The fourth-order valence-corrected chi connectivity index (χ4v) is 0.224. The van der Waals surface area contributed by atoms with Gasteiger partial charge in [-0.2, -0.15) is 0 Å². The first-order chi connectivity index (χ1) is 2.77. The Morgan fingerprint density at radius 1 is 1.71 bits per heavy atom. The van der Waals surface area contributed by atoms with Crippen molar-refractivity contribution in [1.29, 1.82) is 0 Å². The second kappa shape index (κ2) is 6.59. The summed E-state index contributed by atoms with van der Waals surface area (Å²) in [7, 11) is 0. The van der Waals surface area contributed by atoms with Gasteiger partial charge in [0.05, 0.1) is 6.61 Å². The molecule has 0 heterocycles. The summed E-state index contributed by atoms with van der Waals surface area (Å²) in [6, 6.07) is 0. The van der Waals surface area contributed by atoms with Crippen LogP contribution in [0, 0.1) is 0 Å². The van der Waals surface area contributed by atoms with Crippen LogP contribution in [0.1, 0.15) is 0 Å². The third-order valence-corrected chi connectivity index (χ3v) is 0.774. The van der Waals surface area contributed by atoms with E-state index < -0.39 is 11.1 Å². The van der Waals surface area contributed by atoms with Gasteiger partial charge in [0.25, 0.3) is 0 Å². The van der Waals surface area contributed by atoms with E-state index in [9.17, 15) is 8.76 Å². The van der Waals surface area contributed by atoms with Gasteiger partial charge in [-0.1, -0.05) is 11.1 Å². The minimum Gasteiger partial charge on any atom is -0.772 e. The van der Waals surface area contributed by atoms with E-state index in [0.717, 1.165) is 0 Å². The van der Waals surface area contributed by atoms with Gasteiger partial charge in [-0.05, 0) is 0 Å². The van der Waals surface area contributed by atoms with Gasteiger partial charge >= 0.3 is 17.1 Å². The van der Waals surface area contributed by atoms with Crippen LogP contribution in [-0.4, -0.2) is 26.2 Å². The van der Waals surface area contributed by atoms with E-state index in [1.807, 2.05) is 0 Å². The first-order valence-electron chi connectivity index (χ1n) is 1.44. The second-order valence-corrected chi connectivity index (χ2v) is 1.75. The minimum absolute atomic E-state index is 0. The Morgan fingerprint density at radius 3 is 2.14 bits per heavy atom. The molecular formula is C2H5CuO3S. The van der Waals surface area contributed by atoms with E-state index in [4.69, 9.17) is 5.11 Å². The Bertz CT molecular complexity index is 56.9. The molecule has 3 nitrogen and oxygen atoms in total. The zero-order valence-corrected chi connectivity index (χ0v) is 5.15. The molecule has 1 unspecified atom stereocenters. The average molecular weight is 173 g/mol. The van der Waals surface area contributed by atoms with E-state index in [0.29, 0.717) is 0 Å². The molecular weight excluding hydrogens is 168 g/mol. The maximum atomic E-state index is 9.44. The second-order valence-electron chi connectivity index (χ2n) is 0.731. The maximum absolute atomic E-state index is 9.44. The zero-order chi connectivity index (χ0) is 4.99. The Hall–Kier alpha value is 0.589. The minimum atomic E-state index is -2.07. The SMILES string of the molecule is O=S([O-])CCO.[Cu+]. The van der Waals surface area contributed by atoms with Crippen LogP contribution in [0.25, 0.3) is 0 Å². The third kappa shape index (κ3) is 10.8. The van der Waals surface area contributed by atoms with E-state index >= 15 is 0 Å². The molecule has 0 aliphatic rings. The molecule has 0 rings (SSSR count). The van der Waals surface area contributed by atoms with Crippen LogP contribution in [0.5, 0.6) is 0 Å². The summed E-state index contributed by atoms with van der Waals surface area (Å²) in [5.41, 5.74) is 0. The zero-order valence-electron chi connectivity index (χ0n) is 3.39. The Labute approximate surface area is 54.9 Å². The standard InChI is InChI=1S/C2H6O3S.Cu/c3-1-2-6(4)5;/h3H,1-2H2,(H,4,5);/q;+1/p-1. The van der Waals surface area contributed by atoms with Gasteiger partial charge in [0.1, 0.15) is 0 Å². The summed E-state index contributed by atoms with van der Waals surface area (Å²) in [5.74, 6) is -0.153. The van der Waals surface area contributed by atoms with Crippen LogP contribution in [0.3, 0.4) is 0 Å². The first kappa shape index (κ1) is 10.5. The number of aliphatic hydroxyl groups excluding tert-OH is 1. The van der Waals surface area contributed by atoms with Crippen LogP contribution in [-0.2, 0) is 28.1 Å². The van der Waals surface area contributed by atoms with Crippen molar-refractivity contribution in [3.63, 3.8) is 0 Å². The summed E-state index contributed by atoms with van der Waals surface area (Å²) in [4.78, 5) is 0. The number of rotatable bonds is 2. The molecule has 0 spiro atoms. The molecule has 0 saturated carbocycles. The molecule has 0 bridgehead atoms. The van der Waals surface area contributed by atoms with Crippen molar-refractivity contribution < 1.29 is 30.9 Å². The smallest absolute Gasteiger partial charge is 0.772 e. The molecule has 0 radical (unpaired) electrons. The van der Waals surface area contributed by atoms with Gasteiger partial charge in [0.2, 0.25) is 0 Å². The van der Waals surface area contributed by atoms with Crippen molar-refractivity contribution in [1.82, 2.24) is 0 Å². The third-order valence-electron chi connectivity index (χ3n) is 0.258. The Kier molecular flexibility index (Phi) is 9.93. The van der Waals surface area contributed by atoms with Crippen LogP contribution in [0.15, 0.2) is 0 Å². The number of hydrogen-bond acceptors (Lipinski definition) is 3. The monoisotopic (exact) mass is 172 g/mol. The fraction of sp³-hybridized carbons (Fsp3) is 1.00. The average Bonchev–Trinajstić information content (AvgIpc) is 1.35. The molecule has 0 aromatic heterocycles. The summed E-state index contributed by atoms with van der Waals surface area (Å²) in [6.07, 6.45) is 0. The fourth-order valence-electron chi connectivity index (χ4n) is 0.0745. The molecule has 48 valence electrons. The summed E-state index contributed by atoms with van der Waals surface area (Å²) < 4.78 is 18.9. The van der Waals surface area contributed by atoms with Crippen molar-refractivity contribution >= 4 is 11.1 Å². The molecule has 5 heteroatoms. The largest absolute Gasteiger partial charge is 1.00 e. The summed E-state index contributed by atoms with van der Waals surface area (Å²) >= 11 is -2.07. The van der Waals surface area contributed by atoms with Crippen molar-refractivity contribution in [2.45, 2.75) is 0 Å². The van der Waals surface area contributed by atoms with E-state index in [-0.39, 0.29) is 29.4 Å². The molecule has 0 aliphatic carbocycles. The summed E-state index contributed by atoms with van der Waals surface area (Å²) in [6.45, 7) is -0.282.